The summed E-state index contributed by atoms with van der Waals surface area (Å²) in [6.07, 6.45) is 1.66. The van der Waals surface area contributed by atoms with E-state index in [0.717, 1.165) is 51.9 Å². The fourth-order valence-electron chi connectivity index (χ4n) is 4.56. The first-order valence-corrected chi connectivity index (χ1v) is 8.87. The van der Waals surface area contributed by atoms with E-state index in [9.17, 15) is 4.79 Å². The van der Waals surface area contributed by atoms with E-state index < -0.39 is 0 Å². The lowest BCUT2D eigenvalue weighted by molar-refractivity contribution is 0.0601. The molecule has 0 amide bonds. The van der Waals surface area contributed by atoms with Crippen molar-refractivity contribution in [2.45, 2.75) is 18.3 Å². The predicted molar refractivity (Wildman–Crippen MR) is 100.0 cm³/mol. The van der Waals surface area contributed by atoms with Crippen molar-refractivity contribution in [3.05, 3.63) is 58.8 Å². The molecule has 0 atom stereocenters. The zero-order chi connectivity index (χ0) is 17.9. The molecule has 3 N–H and O–H groups in total. The number of aromatic amines is 1. The average Bonchev–Trinajstić information content (AvgIpc) is 3.06. The van der Waals surface area contributed by atoms with Crippen LogP contribution in [-0.4, -0.2) is 31.1 Å². The van der Waals surface area contributed by atoms with E-state index in [4.69, 9.17) is 15.2 Å². The van der Waals surface area contributed by atoms with Gasteiger partial charge in [-0.05, 0) is 48.7 Å². The van der Waals surface area contributed by atoms with Crippen LogP contribution >= 0.6 is 0 Å². The number of anilines is 1. The Labute approximate surface area is 151 Å². The summed E-state index contributed by atoms with van der Waals surface area (Å²) < 4.78 is 11.1. The summed E-state index contributed by atoms with van der Waals surface area (Å²) in [6, 6.07) is 11.5. The Morgan fingerprint density at radius 3 is 2.73 bits per heavy atom. The number of hydrogen-bond donors (Lipinski definition) is 2. The van der Waals surface area contributed by atoms with Crippen molar-refractivity contribution in [3.8, 4) is 5.75 Å². The molecule has 1 fully saturated rings. The van der Waals surface area contributed by atoms with Crippen LogP contribution in [0.5, 0.6) is 5.75 Å². The van der Waals surface area contributed by atoms with Crippen LogP contribution in [0.25, 0.3) is 10.9 Å². The van der Waals surface area contributed by atoms with Crippen LogP contribution in [0.4, 0.5) is 5.69 Å². The molecular formula is C21H20N2O3. The van der Waals surface area contributed by atoms with Gasteiger partial charge >= 0.3 is 0 Å². The van der Waals surface area contributed by atoms with Gasteiger partial charge in [0.05, 0.1) is 12.7 Å². The Morgan fingerprint density at radius 1 is 1.15 bits per heavy atom. The van der Waals surface area contributed by atoms with Crippen molar-refractivity contribution < 1.29 is 14.3 Å². The van der Waals surface area contributed by atoms with Crippen LogP contribution in [0.2, 0.25) is 0 Å². The molecule has 1 aliphatic heterocycles. The zero-order valence-corrected chi connectivity index (χ0v) is 14.6. The molecule has 0 radical (unpaired) electrons. The summed E-state index contributed by atoms with van der Waals surface area (Å²) in [4.78, 5) is 16.9. The zero-order valence-electron chi connectivity index (χ0n) is 14.6. The molecule has 26 heavy (non-hydrogen) atoms. The molecule has 0 bridgehead atoms. The first kappa shape index (κ1) is 15.5. The van der Waals surface area contributed by atoms with Gasteiger partial charge in [0, 0.05) is 46.5 Å². The lowest BCUT2D eigenvalue weighted by atomic mass is 9.64. The van der Waals surface area contributed by atoms with Crippen molar-refractivity contribution in [1.29, 1.82) is 0 Å². The number of nitrogens with two attached hydrogens (primary N) is 1. The van der Waals surface area contributed by atoms with E-state index >= 15 is 0 Å². The van der Waals surface area contributed by atoms with Crippen LogP contribution in [0.3, 0.4) is 0 Å². The minimum absolute atomic E-state index is 0.0609. The average molecular weight is 348 g/mol. The van der Waals surface area contributed by atoms with Crippen molar-refractivity contribution >= 4 is 22.4 Å². The van der Waals surface area contributed by atoms with E-state index in [1.165, 1.54) is 0 Å². The first-order chi connectivity index (χ1) is 12.6. The smallest absolute Gasteiger partial charge is 0.195 e. The number of ketones is 1. The molecule has 5 nitrogen and oxygen atoms in total. The Balaban J connectivity index is 1.86. The third-order valence-electron chi connectivity index (χ3n) is 5.86. The normalized spacial score (nSPS) is 18.0. The van der Waals surface area contributed by atoms with E-state index in [1.54, 1.807) is 7.11 Å². The second kappa shape index (κ2) is 5.35. The number of nitrogens with one attached hydrogen (secondary N) is 1. The monoisotopic (exact) mass is 348 g/mol. The van der Waals surface area contributed by atoms with E-state index in [2.05, 4.69) is 4.98 Å². The second-order valence-corrected chi connectivity index (χ2v) is 7.12. The van der Waals surface area contributed by atoms with Gasteiger partial charge < -0.3 is 20.2 Å². The third-order valence-corrected chi connectivity index (χ3v) is 5.86. The number of hydrogen-bond acceptors (Lipinski definition) is 4. The maximum absolute atomic E-state index is 13.4. The lowest BCUT2D eigenvalue weighted by Gasteiger charge is -2.41. The quantitative estimate of drug-likeness (QED) is 0.661. The molecule has 0 saturated carbocycles. The highest BCUT2D eigenvalue weighted by Crippen LogP contribution is 2.50. The van der Waals surface area contributed by atoms with E-state index in [0.29, 0.717) is 18.9 Å². The summed E-state index contributed by atoms with van der Waals surface area (Å²) in [5.74, 6) is 0.831. The number of methoxy groups -OCH3 is 1. The number of ether oxygens (including phenoxy) is 2. The third kappa shape index (κ3) is 1.92. The van der Waals surface area contributed by atoms with Crippen molar-refractivity contribution in [2.24, 2.45) is 0 Å². The van der Waals surface area contributed by atoms with Crippen molar-refractivity contribution in [2.75, 3.05) is 26.1 Å². The predicted octanol–water partition coefficient (Wildman–Crippen LogP) is 3.40. The van der Waals surface area contributed by atoms with Crippen LogP contribution in [0, 0.1) is 0 Å². The molecule has 0 unspecified atom stereocenters. The number of carbonyl (C=O) groups excluding carboxylic acids is 1. The molecule has 2 heterocycles. The number of fused-ring (bicyclic) bond motifs is 6. The maximum Gasteiger partial charge on any atom is 0.195 e. The van der Waals surface area contributed by atoms with Crippen LogP contribution in [-0.2, 0) is 10.2 Å². The summed E-state index contributed by atoms with van der Waals surface area (Å²) in [7, 11) is 1.65. The van der Waals surface area contributed by atoms with E-state index in [1.807, 2.05) is 36.4 Å². The van der Waals surface area contributed by atoms with Gasteiger partial charge in [-0.3, -0.25) is 4.79 Å². The van der Waals surface area contributed by atoms with Crippen molar-refractivity contribution in [3.63, 3.8) is 0 Å². The summed E-state index contributed by atoms with van der Waals surface area (Å²) in [6.45, 7) is 1.34. The molecule has 1 aliphatic carbocycles. The summed E-state index contributed by atoms with van der Waals surface area (Å²) >= 11 is 0. The number of rotatable bonds is 1. The lowest BCUT2D eigenvalue weighted by Crippen LogP contribution is -2.40. The Morgan fingerprint density at radius 2 is 1.96 bits per heavy atom. The second-order valence-electron chi connectivity index (χ2n) is 7.12. The van der Waals surface area contributed by atoms with Gasteiger partial charge in [-0.15, -0.1) is 0 Å². The molecule has 5 heteroatoms. The highest BCUT2D eigenvalue weighted by Gasteiger charge is 2.46. The van der Waals surface area contributed by atoms with Gasteiger partial charge in [0.2, 0.25) is 0 Å². The Hall–Kier alpha value is -2.79. The minimum Gasteiger partial charge on any atom is -0.497 e. The standard InChI is InChI=1S/C21H20N2O3/c1-25-13-3-5-14-16(11-13)21(6-8-26-9-7-21)20-18(19(14)24)15-4-2-12(22)10-17(15)23-20/h2-5,10-11,23H,6-9,22H2,1H3. The molecule has 3 aromatic rings. The summed E-state index contributed by atoms with van der Waals surface area (Å²) in [5.41, 5.74) is 10.9. The van der Waals surface area contributed by atoms with E-state index in [-0.39, 0.29) is 11.2 Å². The Kier molecular flexibility index (Phi) is 3.18. The number of carbonyl (C=O) groups is 1. The van der Waals surface area contributed by atoms with Gasteiger partial charge in [0.15, 0.2) is 5.78 Å². The summed E-state index contributed by atoms with van der Waals surface area (Å²) in [5, 5.41) is 0.937. The highest BCUT2D eigenvalue weighted by molar-refractivity contribution is 6.20. The van der Waals surface area contributed by atoms with Gasteiger partial charge in [-0.1, -0.05) is 6.07 Å². The largest absolute Gasteiger partial charge is 0.497 e. The fourth-order valence-corrected chi connectivity index (χ4v) is 4.56. The SMILES string of the molecule is COc1ccc2c(c1)C1(CCOCC1)c1[nH]c3cc(N)ccc3c1C2=O. The molecule has 1 aromatic heterocycles. The van der Waals surface area contributed by atoms with Crippen molar-refractivity contribution in [1.82, 2.24) is 4.98 Å². The number of aromatic nitrogens is 1. The molecule has 5 rings (SSSR count). The molecule has 2 aliphatic rings. The number of H-pyrrole nitrogens is 1. The van der Waals surface area contributed by atoms with Gasteiger partial charge in [-0.2, -0.15) is 0 Å². The molecule has 1 spiro atoms. The van der Waals surface area contributed by atoms with Crippen LogP contribution in [0.15, 0.2) is 36.4 Å². The Bertz CT molecular complexity index is 1040. The number of nitrogen functional groups attached to an aromatic ring is 1. The number of benzene rings is 2. The van der Waals surface area contributed by atoms with Gasteiger partial charge in [0.25, 0.3) is 0 Å². The molecular weight excluding hydrogens is 328 g/mol. The minimum atomic E-state index is -0.265. The molecule has 132 valence electrons. The molecule has 2 aromatic carbocycles. The topological polar surface area (TPSA) is 77.3 Å². The van der Waals surface area contributed by atoms with Crippen LogP contribution < -0.4 is 10.5 Å². The first-order valence-electron chi connectivity index (χ1n) is 8.87. The van der Waals surface area contributed by atoms with Gasteiger partial charge in [-0.25, -0.2) is 0 Å². The molecule has 1 saturated heterocycles. The highest BCUT2D eigenvalue weighted by atomic mass is 16.5. The fraction of sp³-hybridized carbons (Fsp3) is 0.286. The van der Waals surface area contributed by atoms with Crippen LogP contribution in [0.1, 0.15) is 40.0 Å². The maximum atomic E-state index is 13.4. The van der Waals surface area contributed by atoms with Gasteiger partial charge in [0.1, 0.15) is 5.75 Å².